The molecule has 0 bridgehead atoms. The van der Waals surface area contributed by atoms with E-state index in [4.69, 9.17) is 4.74 Å². The Morgan fingerprint density at radius 3 is 2.94 bits per heavy atom. The fourth-order valence-electron chi connectivity index (χ4n) is 1.64. The molecular weight excluding hydrogens is 254 g/mol. The Labute approximate surface area is 110 Å². The first-order valence-corrected chi connectivity index (χ1v) is 7.51. The first-order chi connectivity index (χ1) is 8.29. The smallest absolute Gasteiger partial charge is 0.250 e. The maximum atomic E-state index is 11.4. The Morgan fingerprint density at radius 1 is 1.47 bits per heavy atom. The average molecular weight is 269 g/mol. The highest BCUT2D eigenvalue weighted by molar-refractivity contribution is 8.19. The van der Waals surface area contributed by atoms with Crippen LogP contribution in [0.4, 0.5) is 5.69 Å². The van der Waals surface area contributed by atoms with Gasteiger partial charge in [-0.25, -0.2) is 0 Å². The van der Waals surface area contributed by atoms with Gasteiger partial charge in [-0.3, -0.25) is 4.79 Å². The topological polar surface area (TPSA) is 38.3 Å². The number of rotatable bonds is 4. The van der Waals surface area contributed by atoms with Crippen LogP contribution in [-0.4, -0.2) is 31.1 Å². The molecule has 0 atom stereocenters. The van der Waals surface area contributed by atoms with E-state index in [1.165, 1.54) is 24.2 Å². The zero-order chi connectivity index (χ0) is 12.1. The largest absolute Gasteiger partial charge is 0.375 e. The summed E-state index contributed by atoms with van der Waals surface area (Å²) in [7, 11) is 1.52. The Morgan fingerprint density at radius 2 is 2.24 bits per heavy atom. The Balaban J connectivity index is 2.03. The lowest BCUT2D eigenvalue weighted by Crippen LogP contribution is -2.17. The fraction of sp³-hybridized carbons (Fsp3) is 0.417. The second-order valence-electron chi connectivity index (χ2n) is 3.68. The van der Waals surface area contributed by atoms with E-state index in [1.54, 1.807) is 0 Å². The van der Waals surface area contributed by atoms with Crippen molar-refractivity contribution in [2.75, 3.05) is 30.5 Å². The number of anilines is 1. The number of amides is 1. The minimum Gasteiger partial charge on any atom is -0.375 e. The lowest BCUT2D eigenvalue weighted by Gasteiger charge is -2.10. The summed E-state index contributed by atoms with van der Waals surface area (Å²) in [6, 6.07) is 8.05. The highest BCUT2D eigenvalue weighted by atomic mass is 32.2. The predicted octanol–water partition coefficient (Wildman–Crippen LogP) is 2.75. The molecule has 0 unspecified atom stereocenters. The van der Waals surface area contributed by atoms with E-state index in [9.17, 15) is 4.79 Å². The first kappa shape index (κ1) is 12.8. The fourth-order valence-corrected chi connectivity index (χ4v) is 4.48. The summed E-state index contributed by atoms with van der Waals surface area (Å²) >= 11 is 3.92. The second kappa shape index (κ2) is 6.33. The number of thioether (sulfide) groups is 2. The Bertz CT molecular complexity index is 392. The maximum Gasteiger partial charge on any atom is 0.250 e. The molecule has 3 nitrogen and oxygen atoms in total. The molecule has 1 saturated heterocycles. The van der Waals surface area contributed by atoms with Gasteiger partial charge in [-0.15, -0.1) is 23.5 Å². The van der Waals surface area contributed by atoms with Crippen LogP contribution in [-0.2, 0) is 9.53 Å². The van der Waals surface area contributed by atoms with Gasteiger partial charge >= 0.3 is 0 Å². The third-order valence-corrected chi connectivity index (χ3v) is 5.44. The van der Waals surface area contributed by atoms with Crippen molar-refractivity contribution in [3.8, 4) is 0 Å². The zero-order valence-corrected chi connectivity index (χ0v) is 11.3. The van der Waals surface area contributed by atoms with Gasteiger partial charge in [0.05, 0.1) is 4.58 Å². The average Bonchev–Trinajstić information content (AvgIpc) is 2.83. The molecule has 0 spiro atoms. The van der Waals surface area contributed by atoms with Crippen LogP contribution in [0, 0.1) is 0 Å². The van der Waals surface area contributed by atoms with Gasteiger partial charge in [0.25, 0.3) is 0 Å². The molecule has 17 heavy (non-hydrogen) atoms. The minimum absolute atomic E-state index is 0.0944. The van der Waals surface area contributed by atoms with Crippen LogP contribution in [0.1, 0.15) is 10.1 Å². The summed E-state index contributed by atoms with van der Waals surface area (Å²) in [6.45, 7) is 0.0944. The number of nitrogens with one attached hydrogen (secondary N) is 1. The molecule has 1 aromatic rings. The Hall–Kier alpha value is -0.650. The number of carbonyl (C=O) groups is 1. The standard InChI is InChI=1S/C12H15NO2S2/c1-15-8-11(14)13-10-4-2-3-9(7-10)12-16-5-6-17-12/h2-4,7,12H,5-6,8H2,1H3,(H,13,14). The first-order valence-electron chi connectivity index (χ1n) is 5.41. The number of hydrogen-bond acceptors (Lipinski definition) is 4. The molecule has 1 heterocycles. The van der Waals surface area contributed by atoms with Crippen LogP contribution in [0.15, 0.2) is 24.3 Å². The van der Waals surface area contributed by atoms with Crippen molar-refractivity contribution < 1.29 is 9.53 Å². The van der Waals surface area contributed by atoms with Crippen molar-refractivity contribution >= 4 is 35.1 Å². The van der Waals surface area contributed by atoms with E-state index in [-0.39, 0.29) is 12.5 Å². The summed E-state index contributed by atoms with van der Waals surface area (Å²) in [5.74, 6) is 2.29. The van der Waals surface area contributed by atoms with Crippen molar-refractivity contribution in [3.63, 3.8) is 0 Å². The predicted molar refractivity (Wildman–Crippen MR) is 74.6 cm³/mol. The lowest BCUT2D eigenvalue weighted by atomic mass is 10.2. The maximum absolute atomic E-state index is 11.4. The van der Waals surface area contributed by atoms with E-state index < -0.39 is 0 Å². The van der Waals surface area contributed by atoms with Gasteiger partial charge in [0.15, 0.2) is 0 Å². The summed E-state index contributed by atoms with van der Waals surface area (Å²) in [5.41, 5.74) is 2.12. The summed E-state index contributed by atoms with van der Waals surface area (Å²) < 4.78 is 5.29. The quantitative estimate of drug-likeness (QED) is 0.912. The second-order valence-corrected chi connectivity index (χ2v) is 6.40. The molecule has 0 radical (unpaired) electrons. The van der Waals surface area contributed by atoms with Crippen LogP contribution >= 0.6 is 23.5 Å². The molecule has 1 aliphatic rings. The molecule has 2 rings (SSSR count). The number of ether oxygens (including phenoxy) is 1. The van der Waals surface area contributed by atoms with Crippen molar-refractivity contribution in [2.24, 2.45) is 0 Å². The summed E-state index contributed by atoms with van der Waals surface area (Å²) in [5, 5.41) is 2.82. The van der Waals surface area contributed by atoms with Crippen molar-refractivity contribution in [1.29, 1.82) is 0 Å². The van der Waals surface area contributed by atoms with Crippen molar-refractivity contribution in [1.82, 2.24) is 0 Å². The molecule has 1 aromatic carbocycles. The van der Waals surface area contributed by atoms with Crippen LogP contribution in [0.5, 0.6) is 0 Å². The van der Waals surface area contributed by atoms with Gasteiger partial charge in [0, 0.05) is 24.3 Å². The molecule has 0 saturated carbocycles. The normalized spacial score (nSPS) is 16.1. The zero-order valence-electron chi connectivity index (χ0n) is 9.64. The van der Waals surface area contributed by atoms with Gasteiger partial charge in [0.1, 0.15) is 6.61 Å². The van der Waals surface area contributed by atoms with E-state index >= 15 is 0 Å². The van der Waals surface area contributed by atoms with Gasteiger partial charge in [-0.1, -0.05) is 12.1 Å². The monoisotopic (exact) mass is 269 g/mol. The molecule has 1 fully saturated rings. The summed E-state index contributed by atoms with van der Waals surface area (Å²) in [6.07, 6.45) is 0. The lowest BCUT2D eigenvalue weighted by molar-refractivity contribution is -0.119. The molecule has 1 aliphatic heterocycles. The Kier molecular flexibility index (Phi) is 4.76. The van der Waals surface area contributed by atoms with Crippen LogP contribution < -0.4 is 5.32 Å². The number of hydrogen-bond donors (Lipinski definition) is 1. The van der Waals surface area contributed by atoms with Crippen LogP contribution in [0.2, 0.25) is 0 Å². The third-order valence-electron chi connectivity index (χ3n) is 2.34. The molecule has 1 amide bonds. The molecule has 92 valence electrons. The highest BCUT2D eigenvalue weighted by Crippen LogP contribution is 2.45. The van der Waals surface area contributed by atoms with Crippen molar-refractivity contribution in [2.45, 2.75) is 4.58 Å². The number of benzene rings is 1. The van der Waals surface area contributed by atoms with E-state index in [1.807, 2.05) is 41.7 Å². The molecule has 0 aliphatic carbocycles. The van der Waals surface area contributed by atoms with E-state index in [0.29, 0.717) is 4.58 Å². The molecule has 0 aromatic heterocycles. The van der Waals surface area contributed by atoms with Crippen LogP contribution in [0.25, 0.3) is 0 Å². The van der Waals surface area contributed by atoms with Crippen LogP contribution in [0.3, 0.4) is 0 Å². The van der Waals surface area contributed by atoms with Gasteiger partial charge in [-0.2, -0.15) is 0 Å². The number of methoxy groups -OCH3 is 1. The summed E-state index contributed by atoms with van der Waals surface area (Å²) in [4.78, 5) is 11.4. The SMILES string of the molecule is COCC(=O)Nc1cccc(C2SCCS2)c1. The van der Waals surface area contributed by atoms with Gasteiger partial charge < -0.3 is 10.1 Å². The highest BCUT2D eigenvalue weighted by Gasteiger charge is 2.18. The molecule has 1 N–H and O–H groups in total. The van der Waals surface area contributed by atoms with Crippen molar-refractivity contribution in [3.05, 3.63) is 29.8 Å². The third kappa shape index (κ3) is 3.66. The molecular formula is C12H15NO2S2. The minimum atomic E-state index is -0.114. The van der Waals surface area contributed by atoms with Gasteiger partial charge in [-0.05, 0) is 17.7 Å². The molecule has 5 heteroatoms. The van der Waals surface area contributed by atoms with E-state index in [0.717, 1.165) is 5.69 Å². The van der Waals surface area contributed by atoms with Gasteiger partial charge in [0.2, 0.25) is 5.91 Å². The van der Waals surface area contributed by atoms with E-state index in [2.05, 4.69) is 11.4 Å². The number of carbonyl (C=O) groups excluding carboxylic acids is 1.